The van der Waals surface area contributed by atoms with Gasteiger partial charge in [-0.1, -0.05) is 6.07 Å². The van der Waals surface area contributed by atoms with E-state index in [1.54, 1.807) is 18.4 Å². The standard InChI is InChI=1S/C13H14N2O3S/c1-15-8-10(11(18-2)6-12(15)16)13(17)14-7-9-4-3-5-19-9/h3-6,8H,7H2,1-2H3,(H,14,17). The molecule has 1 amide bonds. The predicted molar refractivity (Wildman–Crippen MR) is 73.7 cm³/mol. The first-order valence-corrected chi connectivity index (χ1v) is 6.55. The Bertz CT molecular complexity index is 632. The lowest BCUT2D eigenvalue weighted by molar-refractivity contribution is 0.0947. The second-order valence-electron chi connectivity index (χ2n) is 3.97. The van der Waals surface area contributed by atoms with Crippen molar-refractivity contribution in [3.63, 3.8) is 0 Å². The molecule has 0 unspecified atom stereocenters. The van der Waals surface area contributed by atoms with E-state index in [-0.39, 0.29) is 17.2 Å². The van der Waals surface area contributed by atoms with E-state index < -0.39 is 0 Å². The molecule has 0 fully saturated rings. The van der Waals surface area contributed by atoms with Crippen LogP contribution in [0.25, 0.3) is 0 Å². The van der Waals surface area contributed by atoms with E-state index in [0.717, 1.165) is 4.88 Å². The molecule has 1 N–H and O–H groups in total. The van der Waals surface area contributed by atoms with E-state index >= 15 is 0 Å². The van der Waals surface area contributed by atoms with Gasteiger partial charge in [0.25, 0.3) is 11.5 Å². The van der Waals surface area contributed by atoms with Crippen LogP contribution in [0, 0.1) is 0 Å². The number of rotatable bonds is 4. The van der Waals surface area contributed by atoms with Gasteiger partial charge in [0.05, 0.1) is 19.2 Å². The number of thiophene rings is 1. The van der Waals surface area contributed by atoms with Crippen LogP contribution in [0.1, 0.15) is 15.2 Å². The average Bonchev–Trinajstić information content (AvgIpc) is 2.91. The first-order valence-electron chi connectivity index (χ1n) is 5.67. The zero-order valence-electron chi connectivity index (χ0n) is 10.7. The summed E-state index contributed by atoms with van der Waals surface area (Å²) in [5.74, 6) is 0.0210. The minimum atomic E-state index is -0.263. The third-order valence-corrected chi connectivity index (χ3v) is 3.53. The Labute approximate surface area is 114 Å². The number of hydrogen-bond donors (Lipinski definition) is 1. The van der Waals surface area contributed by atoms with Gasteiger partial charge in [-0.15, -0.1) is 11.3 Å². The second kappa shape index (κ2) is 5.71. The monoisotopic (exact) mass is 278 g/mol. The lowest BCUT2D eigenvalue weighted by Crippen LogP contribution is -2.26. The molecule has 2 rings (SSSR count). The summed E-state index contributed by atoms with van der Waals surface area (Å²) >= 11 is 1.57. The van der Waals surface area contributed by atoms with Gasteiger partial charge < -0.3 is 14.6 Å². The molecule has 0 bridgehead atoms. The summed E-state index contributed by atoms with van der Waals surface area (Å²) in [6.45, 7) is 0.461. The number of methoxy groups -OCH3 is 1. The number of carbonyl (C=O) groups is 1. The molecule has 0 aromatic carbocycles. The van der Waals surface area contributed by atoms with Gasteiger partial charge in [0.2, 0.25) is 0 Å². The largest absolute Gasteiger partial charge is 0.496 e. The van der Waals surface area contributed by atoms with Gasteiger partial charge in [-0.25, -0.2) is 0 Å². The molecule has 2 aromatic rings. The Morgan fingerprint density at radius 1 is 1.53 bits per heavy atom. The summed E-state index contributed by atoms with van der Waals surface area (Å²) < 4.78 is 6.42. The number of aromatic nitrogens is 1. The van der Waals surface area contributed by atoms with E-state index in [9.17, 15) is 9.59 Å². The summed E-state index contributed by atoms with van der Waals surface area (Å²) in [4.78, 5) is 24.6. The maximum absolute atomic E-state index is 12.1. The molecule has 0 aliphatic carbocycles. The smallest absolute Gasteiger partial charge is 0.256 e. The van der Waals surface area contributed by atoms with Crippen LogP contribution in [0.3, 0.4) is 0 Å². The molecule has 0 saturated carbocycles. The number of amides is 1. The van der Waals surface area contributed by atoms with Crippen LogP contribution in [-0.4, -0.2) is 17.6 Å². The molecule has 2 heterocycles. The zero-order valence-corrected chi connectivity index (χ0v) is 11.5. The molecule has 2 aromatic heterocycles. The third kappa shape index (κ3) is 3.03. The Morgan fingerprint density at radius 2 is 2.32 bits per heavy atom. The van der Waals surface area contributed by atoms with Crippen LogP contribution in [-0.2, 0) is 13.6 Å². The van der Waals surface area contributed by atoms with E-state index in [1.165, 1.54) is 23.9 Å². The van der Waals surface area contributed by atoms with Crippen LogP contribution >= 0.6 is 11.3 Å². The topological polar surface area (TPSA) is 60.3 Å². The summed E-state index contributed by atoms with van der Waals surface area (Å²) in [5, 5.41) is 4.75. The molecule has 19 heavy (non-hydrogen) atoms. The van der Waals surface area contributed by atoms with Crippen molar-refractivity contribution in [2.45, 2.75) is 6.54 Å². The van der Waals surface area contributed by atoms with Gasteiger partial charge in [0.15, 0.2) is 0 Å². The molecule has 100 valence electrons. The fourth-order valence-electron chi connectivity index (χ4n) is 1.63. The number of nitrogens with zero attached hydrogens (tertiary/aromatic N) is 1. The Morgan fingerprint density at radius 3 is 2.95 bits per heavy atom. The van der Waals surface area contributed by atoms with Crippen molar-refractivity contribution in [3.8, 4) is 5.75 Å². The van der Waals surface area contributed by atoms with Gasteiger partial charge in [0, 0.05) is 24.2 Å². The number of aryl methyl sites for hydroxylation is 1. The van der Waals surface area contributed by atoms with E-state index in [1.807, 2.05) is 17.5 Å². The van der Waals surface area contributed by atoms with Gasteiger partial charge in [-0.2, -0.15) is 0 Å². The number of nitrogens with one attached hydrogen (secondary N) is 1. The van der Waals surface area contributed by atoms with E-state index in [2.05, 4.69) is 5.32 Å². The van der Waals surface area contributed by atoms with Gasteiger partial charge >= 0.3 is 0 Å². The van der Waals surface area contributed by atoms with Crippen molar-refractivity contribution in [1.29, 1.82) is 0 Å². The normalized spacial score (nSPS) is 10.2. The van der Waals surface area contributed by atoms with Crippen LogP contribution in [0.2, 0.25) is 0 Å². The SMILES string of the molecule is COc1cc(=O)n(C)cc1C(=O)NCc1cccs1. The minimum Gasteiger partial charge on any atom is -0.496 e. The van der Waals surface area contributed by atoms with Crippen molar-refractivity contribution in [2.75, 3.05) is 7.11 Å². The van der Waals surface area contributed by atoms with Crippen LogP contribution < -0.4 is 15.6 Å². The molecule has 0 spiro atoms. The van der Waals surface area contributed by atoms with Crippen molar-refractivity contribution in [3.05, 3.63) is 50.6 Å². The minimum absolute atomic E-state index is 0.216. The summed E-state index contributed by atoms with van der Waals surface area (Å²) in [7, 11) is 3.03. The number of hydrogen-bond acceptors (Lipinski definition) is 4. The Balaban J connectivity index is 2.18. The Kier molecular flexibility index (Phi) is 4.01. The molecule has 0 aliphatic rings. The van der Waals surface area contributed by atoms with Crippen molar-refractivity contribution in [2.24, 2.45) is 7.05 Å². The molecule has 0 radical (unpaired) electrons. The molecule has 0 saturated heterocycles. The fourth-order valence-corrected chi connectivity index (χ4v) is 2.27. The first kappa shape index (κ1) is 13.4. The van der Waals surface area contributed by atoms with Gasteiger partial charge in [0.1, 0.15) is 5.75 Å². The van der Waals surface area contributed by atoms with Gasteiger partial charge in [-0.3, -0.25) is 9.59 Å². The molecular weight excluding hydrogens is 264 g/mol. The van der Waals surface area contributed by atoms with Crippen LogP contribution in [0.15, 0.2) is 34.6 Å². The highest BCUT2D eigenvalue weighted by molar-refractivity contribution is 7.09. The van der Waals surface area contributed by atoms with Crippen molar-refractivity contribution in [1.82, 2.24) is 9.88 Å². The highest BCUT2D eigenvalue weighted by Crippen LogP contribution is 2.15. The van der Waals surface area contributed by atoms with E-state index in [4.69, 9.17) is 4.74 Å². The van der Waals surface area contributed by atoms with Crippen LogP contribution in [0.5, 0.6) is 5.75 Å². The molecule has 0 aliphatic heterocycles. The summed E-state index contributed by atoms with van der Waals surface area (Å²) in [5.41, 5.74) is 0.132. The zero-order chi connectivity index (χ0) is 13.8. The van der Waals surface area contributed by atoms with Crippen molar-refractivity contribution < 1.29 is 9.53 Å². The average molecular weight is 278 g/mol. The van der Waals surface area contributed by atoms with E-state index in [0.29, 0.717) is 12.1 Å². The summed E-state index contributed by atoms with van der Waals surface area (Å²) in [6.07, 6.45) is 1.48. The third-order valence-electron chi connectivity index (χ3n) is 2.66. The highest BCUT2D eigenvalue weighted by atomic mass is 32.1. The maximum Gasteiger partial charge on any atom is 0.256 e. The molecule has 5 nitrogen and oxygen atoms in total. The molecular formula is C13H14N2O3S. The Hall–Kier alpha value is -2.08. The lowest BCUT2D eigenvalue weighted by atomic mass is 10.2. The second-order valence-corrected chi connectivity index (χ2v) is 5.00. The fraction of sp³-hybridized carbons (Fsp3) is 0.231. The van der Waals surface area contributed by atoms with Crippen LogP contribution in [0.4, 0.5) is 0 Å². The quantitative estimate of drug-likeness (QED) is 0.919. The van der Waals surface area contributed by atoms with Crippen molar-refractivity contribution >= 4 is 17.2 Å². The number of carbonyl (C=O) groups excluding carboxylic acids is 1. The number of pyridine rings is 1. The predicted octanol–water partition coefficient (Wildman–Crippen LogP) is 1.39. The van der Waals surface area contributed by atoms with Gasteiger partial charge in [-0.05, 0) is 11.4 Å². The lowest BCUT2D eigenvalue weighted by Gasteiger charge is -2.10. The number of ether oxygens (including phenoxy) is 1. The maximum atomic E-state index is 12.1. The highest BCUT2D eigenvalue weighted by Gasteiger charge is 2.14. The molecule has 0 atom stereocenters. The summed E-state index contributed by atoms with van der Waals surface area (Å²) in [6, 6.07) is 5.18. The first-order chi connectivity index (χ1) is 9.11. The molecule has 6 heteroatoms.